The first-order valence-electron chi connectivity index (χ1n) is 5.50. The fourth-order valence-corrected chi connectivity index (χ4v) is 1.71. The average Bonchev–Trinajstić information content (AvgIpc) is 2.90. The molecule has 0 atom stereocenters. The van der Waals surface area contributed by atoms with E-state index >= 15 is 0 Å². The SMILES string of the molecule is c1cc(-c2nnc(N3CCOCC3)o2)ccn1. The third-order valence-corrected chi connectivity index (χ3v) is 2.62. The van der Waals surface area contributed by atoms with Crippen molar-refractivity contribution >= 4 is 6.01 Å². The molecule has 0 aromatic carbocycles. The highest BCUT2D eigenvalue weighted by molar-refractivity contribution is 5.52. The Labute approximate surface area is 98.2 Å². The van der Waals surface area contributed by atoms with Gasteiger partial charge in [0.05, 0.1) is 13.2 Å². The first-order valence-corrected chi connectivity index (χ1v) is 5.50. The summed E-state index contributed by atoms with van der Waals surface area (Å²) in [6, 6.07) is 4.24. The van der Waals surface area contributed by atoms with Crippen molar-refractivity contribution in [3.63, 3.8) is 0 Å². The van der Waals surface area contributed by atoms with E-state index in [2.05, 4.69) is 15.2 Å². The van der Waals surface area contributed by atoms with Crippen LogP contribution in [0.5, 0.6) is 0 Å². The second-order valence-electron chi connectivity index (χ2n) is 3.73. The number of morpholine rings is 1. The van der Waals surface area contributed by atoms with Crippen molar-refractivity contribution in [2.45, 2.75) is 0 Å². The first kappa shape index (κ1) is 10.2. The minimum atomic E-state index is 0.522. The molecular weight excluding hydrogens is 220 g/mol. The lowest BCUT2D eigenvalue weighted by molar-refractivity contribution is 0.120. The minimum absolute atomic E-state index is 0.522. The quantitative estimate of drug-likeness (QED) is 0.768. The van der Waals surface area contributed by atoms with Crippen molar-refractivity contribution in [2.24, 2.45) is 0 Å². The third kappa shape index (κ3) is 2.12. The molecular formula is C11H12N4O2. The van der Waals surface area contributed by atoms with Crippen LogP contribution in [0.3, 0.4) is 0 Å². The number of hydrogen-bond donors (Lipinski definition) is 0. The fourth-order valence-electron chi connectivity index (χ4n) is 1.71. The van der Waals surface area contributed by atoms with Crippen molar-refractivity contribution in [3.8, 4) is 11.5 Å². The molecule has 1 saturated heterocycles. The van der Waals surface area contributed by atoms with Gasteiger partial charge in [-0.2, -0.15) is 0 Å². The lowest BCUT2D eigenvalue weighted by atomic mass is 10.3. The minimum Gasteiger partial charge on any atom is -0.403 e. The molecule has 0 radical (unpaired) electrons. The summed E-state index contributed by atoms with van der Waals surface area (Å²) in [6.45, 7) is 2.98. The highest BCUT2D eigenvalue weighted by Crippen LogP contribution is 2.21. The normalized spacial score (nSPS) is 16.1. The Balaban J connectivity index is 1.83. The van der Waals surface area contributed by atoms with Crippen molar-refractivity contribution in [1.29, 1.82) is 0 Å². The Morgan fingerprint density at radius 3 is 2.59 bits per heavy atom. The van der Waals surface area contributed by atoms with E-state index in [0.29, 0.717) is 25.1 Å². The number of pyridine rings is 1. The molecule has 0 unspecified atom stereocenters. The lowest BCUT2D eigenvalue weighted by Gasteiger charge is -2.24. The highest BCUT2D eigenvalue weighted by atomic mass is 16.5. The van der Waals surface area contributed by atoms with Gasteiger partial charge in [-0.1, -0.05) is 5.10 Å². The van der Waals surface area contributed by atoms with Crippen molar-refractivity contribution < 1.29 is 9.15 Å². The van der Waals surface area contributed by atoms with Gasteiger partial charge in [0, 0.05) is 31.0 Å². The van der Waals surface area contributed by atoms with Gasteiger partial charge >= 0.3 is 6.01 Å². The van der Waals surface area contributed by atoms with Crippen molar-refractivity contribution in [1.82, 2.24) is 15.2 Å². The first-order chi connectivity index (χ1) is 8.43. The molecule has 0 bridgehead atoms. The van der Waals surface area contributed by atoms with Crippen LogP contribution in [0.15, 0.2) is 28.9 Å². The summed E-state index contributed by atoms with van der Waals surface area (Å²) in [4.78, 5) is 5.98. The zero-order valence-electron chi connectivity index (χ0n) is 9.24. The number of aromatic nitrogens is 3. The van der Waals surface area contributed by atoms with Gasteiger partial charge in [0.15, 0.2) is 0 Å². The van der Waals surface area contributed by atoms with Crippen LogP contribution in [-0.2, 0) is 4.74 Å². The molecule has 0 spiro atoms. The Bertz CT molecular complexity index is 479. The van der Waals surface area contributed by atoms with Gasteiger partial charge < -0.3 is 14.1 Å². The van der Waals surface area contributed by atoms with Gasteiger partial charge in [-0.3, -0.25) is 4.98 Å². The summed E-state index contributed by atoms with van der Waals surface area (Å²) >= 11 is 0. The standard InChI is InChI=1S/C11H12N4O2/c1-3-12-4-2-9(1)10-13-14-11(17-10)15-5-7-16-8-6-15/h1-4H,5-8H2. The monoisotopic (exact) mass is 232 g/mol. The van der Waals surface area contributed by atoms with Crippen LogP contribution >= 0.6 is 0 Å². The molecule has 88 valence electrons. The van der Waals surface area contributed by atoms with Crippen LogP contribution in [0.4, 0.5) is 6.01 Å². The fraction of sp³-hybridized carbons (Fsp3) is 0.364. The Hall–Kier alpha value is -1.95. The van der Waals surface area contributed by atoms with Gasteiger partial charge in [-0.15, -0.1) is 5.10 Å². The van der Waals surface area contributed by atoms with Gasteiger partial charge in [0.1, 0.15) is 0 Å². The van der Waals surface area contributed by atoms with E-state index in [1.54, 1.807) is 12.4 Å². The zero-order chi connectivity index (χ0) is 11.5. The van der Waals surface area contributed by atoms with E-state index in [-0.39, 0.29) is 0 Å². The van der Waals surface area contributed by atoms with E-state index in [0.717, 1.165) is 18.7 Å². The molecule has 17 heavy (non-hydrogen) atoms. The summed E-state index contributed by atoms with van der Waals surface area (Å²) in [7, 11) is 0. The van der Waals surface area contributed by atoms with E-state index in [1.807, 2.05) is 17.0 Å². The predicted molar refractivity (Wildman–Crippen MR) is 60.6 cm³/mol. The largest absolute Gasteiger partial charge is 0.403 e. The molecule has 6 heteroatoms. The lowest BCUT2D eigenvalue weighted by Crippen LogP contribution is -2.36. The van der Waals surface area contributed by atoms with Crippen LogP contribution in [0.1, 0.15) is 0 Å². The summed E-state index contributed by atoms with van der Waals surface area (Å²) < 4.78 is 10.9. The van der Waals surface area contributed by atoms with E-state index in [4.69, 9.17) is 9.15 Å². The molecule has 0 amide bonds. The topological polar surface area (TPSA) is 64.3 Å². The molecule has 1 aliphatic heterocycles. The summed E-state index contributed by atoms with van der Waals surface area (Å²) in [5.74, 6) is 0.522. The smallest absolute Gasteiger partial charge is 0.318 e. The van der Waals surface area contributed by atoms with Crippen LogP contribution < -0.4 is 4.90 Å². The molecule has 0 aliphatic carbocycles. The van der Waals surface area contributed by atoms with Crippen LogP contribution in [0.2, 0.25) is 0 Å². The molecule has 3 heterocycles. The van der Waals surface area contributed by atoms with Crippen molar-refractivity contribution in [3.05, 3.63) is 24.5 Å². The van der Waals surface area contributed by atoms with Crippen LogP contribution in [0, 0.1) is 0 Å². The van der Waals surface area contributed by atoms with E-state index in [9.17, 15) is 0 Å². The van der Waals surface area contributed by atoms with Gasteiger partial charge in [0.25, 0.3) is 0 Å². The third-order valence-electron chi connectivity index (χ3n) is 2.62. The molecule has 0 N–H and O–H groups in total. The number of rotatable bonds is 2. The molecule has 1 fully saturated rings. The van der Waals surface area contributed by atoms with Crippen LogP contribution in [0.25, 0.3) is 11.5 Å². The molecule has 1 aliphatic rings. The molecule has 3 rings (SSSR count). The van der Waals surface area contributed by atoms with E-state index < -0.39 is 0 Å². The number of ether oxygens (including phenoxy) is 1. The number of anilines is 1. The maximum absolute atomic E-state index is 5.63. The predicted octanol–water partition coefficient (Wildman–Crippen LogP) is 0.968. The summed E-state index contributed by atoms with van der Waals surface area (Å²) in [5, 5.41) is 8.08. The van der Waals surface area contributed by atoms with Gasteiger partial charge in [-0.05, 0) is 12.1 Å². The number of hydrogen-bond acceptors (Lipinski definition) is 6. The molecule has 2 aromatic rings. The van der Waals surface area contributed by atoms with Crippen LogP contribution in [-0.4, -0.2) is 41.5 Å². The Morgan fingerprint density at radius 1 is 1.06 bits per heavy atom. The zero-order valence-corrected chi connectivity index (χ0v) is 9.24. The second kappa shape index (κ2) is 4.50. The Kier molecular flexibility index (Phi) is 2.71. The maximum atomic E-state index is 5.63. The second-order valence-corrected chi connectivity index (χ2v) is 3.73. The highest BCUT2D eigenvalue weighted by Gasteiger charge is 2.17. The average molecular weight is 232 g/mol. The molecule has 0 saturated carbocycles. The molecule has 2 aromatic heterocycles. The number of nitrogens with zero attached hydrogens (tertiary/aromatic N) is 4. The van der Waals surface area contributed by atoms with Gasteiger partial charge in [-0.25, -0.2) is 0 Å². The van der Waals surface area contributed by atoms with Crippen molar-refractivity contribution in [2.75, 3.05) is 31.2 Å². The summed E-state index contributed by atoms with van der Waals surface area (Å²) in [6.07, 6.45) is 3.40. The Morgan fingerprint density at radius 2 is 1.82 bits per heavy atom. The summed E-state index contributed by atoms with van der Waals surface area (Å²) in [5.41, 5.74) is 0.881. The van der Waals surface area contributed by atoms with Gasteiger partial charge in [0.2, 0.25) is 5.89 Å². The maximum Gasteiger partial charge on any atom is 0.318 e. The molecule has 6 nitrogen and oxygen atoms in total. The van der Waals surface area contributed by atoms with E-state index in [1.165, 1.54) is 0 Å².